The summed E-state index contributed by atoms with van der Waals surface area (Å²) in [6.07, 6.45) is 10.8. The van der Waals surface area contributed by atoms with E-state index in [9.17, 15) is 14.7 Å². The molecule has 7 atom stereocenters. The van der Waals surface area contributed by atoms with E-state index in [-0.39, 0.29) is 44.7 Å². The summed E-state index contributed by atoms with van der Waals surface area (Å²) in [5.74, 6) is 0.564. The lowest BCUT2D eigenvalue weighted by atomic mass is 9.34. The van der Waals surface area contributed by atoms with Crippen molar-refractivity contribution in [3.05, 3.63) is 29.2 Å². The molecule has 0 bridgehead atoms. The van der Waals surface area contributed by atoms with E-state index in [4.69, 9.17) is 4.52 Å². The second-order valence-electron chi connectivity index (χ2n) is 15.2. The van der Waals surface area contributed by atoms with Gasteiger partial charge >= 0.3 is 5.97 Å². The molecule has 0 aliphatic heterocycles. The fourth-order valence-electron chi connectivity index (χ4n) is 10.7. The maximum absolute atomic E-state index is 14.3. The number of carboxylic acid groups (broad SMARTS) is 1. The van der Waals surface area contributed by atoms with Gasteiger partial charge in [0.1, 0.15) is 5.76 Å². The number of ketones is 1. The first-order valence-electron chi connectivity index (χ1n) is 14.1. The molecule has 1 aromatic rings. The van der Waals surface area contributed by atoms with Crippen molar-refractivity contribution in [2.75, 3.05) is 0 Å². The number of allylic oxidation sites excluding steroid dienone is 2. The summed E-state index contributed by atoms with van der Waals surface area (Å²) in [7, 11) is 0. The van der Waals surface area contributed by atoms with Gasteiger partial charge < -0.3 is 9.63 Å². The van der Waals surface area contributed by atoms with Gasteiger partial charge in [-0.25, -0.2) is 0 Å². The normalized spacial score (nSPS) is 46.4. The predicted molar refractivity (Wildman–Crippen MR) is 137 cm³/mol. The Hall–Kier alpha value is -1.91. The molecule has 36 heavy (non-hydrogen) atoms. The van der Waals surface area contributed by atoms with Crippen LogP contribution in [0.15, 0.2) is 22.4 Å². The number of nitrogens with zero attached hydrogens (tertiary/aromatic N) is 1. The van der Waals surface area contributed by atoms with Crippen molar-refractivity contribution >= 4 is 11.8 Å². The molecule has 5 heteroatoms. The highest BCUT2D eigenvalue weighted by molar-refractivity contribution is 5.96. The molecule has 1 heterocycles. The van der Waals surface area contributed by atoms with Gasteiger partial charge in [-0.05, 0) is 90.9 Å². The topological polar surface area (TPSA) is 80.4 Å². The van der Waals surface area contributed by atoms with Crippen molar-refractivity contribution < 1.29 is 19.2 Å². The van der Waals surface area contributed by atoms with Crippen molar-refractivity contribution in [3.63, 3.8) is 0 Å². The summed E-state index contributed by atoms with van der Waals surface area (Å²) in [6.45, 7) is 16.2. The third-order valence-corrected chi connectivity index (χ3v) is 12.8. The Morgan fingerprint density at radius 3 is 2.42 bits per heavy atom. The SMILES string of the molecule is CC1(C)CC[C@]2(C(=O)O)CC[C@]3(C)[C@H](C(=O)C=C4[C@@]5(C)Cc6cnoc6C(C)(C)[C@@H]5CC[C@]43C)[C@@H]2C1. The lowest BCUT2D eigenvalue weighted by Crippen LogP contribution is -2.66. The zero-order valence-corrected chi connectivity index (χ0v) is 23.2. The molecule has 0 spiro atoms. The number of carboxylic acids is 1. The molecule has 5 aliphatic carbocycles. The molecule has 0 radical (unpaired) electrons. The van der Waals surface area contributed by atoms with Gasteiger partial charge in [0, 0.05) is 16.9 Å². The zero-order valence-electron chi connectivity index (χ0n) is 23.2. The molecule has 6 rings (SSSR count). The van der Waals surface area contributed by atoms with Crippen molar-refractivity contribution in [3.8, 4) is 0 Å². The highest BCUT2D eigenvalue weighted by atomic mass is 16.5. The van der Waals surface area contributed by atoms with Crippen LogP contribution in [0.5, 0.6) is 0 Å². The quantitative estimate of drug-likeness (QED) is 0.468. The van der Waals surface area contributed by atoms with E-state index in [1.54, 1.807) is 0 Å². The number of carbonyl (C=O) groups is 2. The Labute approximate surface area is 215 Å². The number of aromatic nitrogens is 1. The lowest BCUT2D eigenvalue weighted by molar-refractivity contribution is -0.189. The van der Waals surface area contributed by atoms with E-state index in [1.165, 1.54) is 11.1 Å². The monoisotopic (exact) mass is 493 g/mol. The Morgan fingerprint density at radius 2 is 1.72 bits per heavy atom. The third-order valence-electron chi connectivity index (χ3n) is 12.8. The number of hydrogen-bond acceptors (Lipinski definition) is 4. The van der Waals surface area contributed by atoms with Gasteiger partial charge in [-0.1, -0.05) is 59.2 Å². The summed E-state index contributed by atoms with van der Waals surface area (Å²) >= 11 is 0. The highest BCUT2D eigenvalue weighted by Crippen LogP contribution is 2.74. The molecular weight excluding hydrogens is 450 g/mol. The summed E-state index contributed by atoms with van der Waals surface area (Å²) in [5.41, 5.74) is 1.12. The number of hydrogen-bond donors (Lipinski definition) is 1. The molecule has 3 saturated carbocycles. The van der Waals surface area contributed by atoms with Crippen molar-refractivity contribution in [1.29, 1.82) is 0 Å². The minimum absolute atomic E-state index is 0.0642. The van der Waals surface area contributed by atoms with Crippen LogP contribution in [0.1, 0.15) is 105 Å². The zero-order chi connectivity index (χ0) is 26.1. The Morgan fingerprint density at radius 1 is 1.03 bits per heavy atom. The molecule has 5 aliphatic rings. The van der Waals surface area contributed by atoms with Gasteiger partial charge in [-0.3, -0.25) is 9.59 Å². The average molecular weight is 494 g/mol. The molecule has 3 fully saturated rings. The van der Waals surface area contributed by atoms with Crippen molar-refractivity contribution in [1.82, 2.24) is 5.16 Å². The van der Waals surface area contributed by atoms with E-state index in [1.807, 2.05) is 12.3 Å². The van der Waals surface area contributed by atoms with Gasteiger partial charge in [0.15, 0.2) is 5.78 Å². The Bertz CT molecular complexity index is 1190. The number of carbonyl (C=O) groups excluding carboxylic acids is 1. The van der Waals surface area contributed by atoms with Gasteiger partial charge in [0.2, 0.25) is 0 Å². The molecule has 0 unspecified atom stereocenters. The van der Waals surface area contributed by atoms with Crippen LogP contribution in [0.4, 0.5) is 0 Å². The predicted octanol–water partition coefficient (Wildman–Crippen LogP) is 6.75. The standard InChI is InChI=1S/C31H43NO4/c1-26(2)10-12-31(25(34)35)13-11-30(7)23(19(31)16-26)20(33)14-22-28(5)15-18-17-32-36-24(18)27(3,4)21(28)8-9-29(22,30)6/h14,17,19,21,23H,8-13,15-16H2,1-7H3,(H,34,35)/t19-,21-,23-,28-,29+,30+,31-/m0/s1. The van der Waals surface area contributed by atoms with Crippen LogP contribution < -0.4 is 0 Å². The molecule has 0 amide bonds. The summed E-state index contributed by atoms with van der Waals surface area (Å²) < 4.78 is 5.77. The fourth-order valence-corrected chi connectivity index (χ4v) is 10.7. The maximum Gasteiger partial charge on any atom is 0.309 e. The smallest absolute Gasteiger partial charge is 0.309 e. The van der Waals surface area contributed by atoms with E-state index in [2.05, 4.69) is 53.6 Å². The number of aliphatic carboxylic acids is 1. The van der Waals surface area contributed by atoms with Gasteiger partial charge in [0.05, 0.1) is 11.6 Å². The molecular formula is C31H43NO4. The Balaban J connectivity index is 1.51. The first-order chi connectivity index (χ1) is 16.6. The summed E-state index contributed by atoms with van der Waals surface area (Å²) in [4.78, 5) is 27.2. The molecule has 0 aromatic carbocycles. The van der Waals surface area contributed by atoms with E-state index in [0.717, 1.165) is 44.3 Å². The van der Waals surface area contributed by atoms with Crippen molar-refractivity contribution in [2.24, 2.45) is 44.8 Å². The van der Waals surface area contributed by atoms with Gasteiger partial charge in [-0.15, -0.1) is 0 Å². The number of fused-ring (bicyclic) bond motifs is 8. The highest BCUT2D eigenvalue weighted by Gasteiger charge is 2.71. The fraction of sp³-hybridized carbons (Fsp3) is 0.774. The molecule has 1 aromatic heterocycles. The van der Waals surface area contributed by atoms with Gasteiger partial charge in [-0.2, -0.15) is 0 Å². The first kappa shape index (κ1) is 24.4. The van der Waals surface area contributed by atoms with Crippen LogP contribution in [-0.4, -0.2) is 22.0 Å². The Kier molecular flexibility index (Phi) is 4.71. The molecule has 0 saturated heterocycles. The maximum atomic E-state index is 14.3. The van der Waals surface area contributed by atoms with Crippen LogP contribution in [0.25, 0.3) is 0 Å². The third kappa shape index (κ3) is 2.70. The van der Waals surface area contributed by atoms with Crippen LogP contribution in [-0.2, 0) is 21.4 Å². The molecule has 5 nitrogen and oxygen atoms in total. The summed E-state index contributed by atoms with van der Waals surface area (Å²) in [6, 6.07) is 0. The molecule has 196 valence electrons. The number of rotatable bonds is 1. The summed E-state index contributed by atoms with van der Waals surface area (Å²) in [5, 5.41) is 14.7. The van der Waals surface area contributed by atoms with Crippen LogP contribution in [0.2, 0.25) is 0 Å². The van der Waals surface area contributed by atoms with Gasteiger partial charge in [0.25, 0.3) is 0 Å². The van der Waals surface area contributed by atoms with Crippen LogP contribution >= 0.6 is 0 Å². The van der Waals surface area contributed by atoms with Crippen LogP contribution in [0.3, 0.4) is 0 Å². The minimum atomic E-state index is -0.762. The van der Waals surface area contributed by atoms with Crippen LogP contribution in [0, 0.1) is 44.8 Å². The lowest BCUT2D eigenvalue weighted by Gasteiger charge is -2.69. The largest absolute Gasteiger partial charge is 0.481 e. The average Bonchev–Trinajstić information content (AvgIpc) is 3.23. The molecule has 1 N–H and O–H groups in total. The van der Waals surface area contributed by atoms with E-state index in [0.29, 0.717) is 18.8 Å². The second kappa shape index (κ2) is 6.94. The second-order valence-corrected chi connectivity index (χ2v) is 15.2. The minimum Gasteiger partial charge on any atom is -0.481 e. The van der Waals surface area contributed by atoms with E-state index >= 15 is 0 Å². The first-order valence-corrected chi connectivity index (χ1v) is 14.1. The van der Waals surface area contributed by atoms with E-state index < -0.39 is 11.4 Å². The van der Waals surface area contributed by atoms with Crippen molar-refractivity contribution in [2.45, 2.75) is 105 Å².